The number of hydrogen-bond acceptors (Lipinski definition) is 2. The maximum absolute atomic E-state index is 6.11. The molecule has 5 N–H and O–H groups in total. The molecule has 0 unspecified atom stereocenters. The number of guanidine groups is 1. The van der Waals surface area contributed by atoms with E-state index in [2.05, 4.69) is 27.3 Å². The van der Waals surface area contributed by atoms with Gasteiger partial charge in [-0.3, -0.25) is 0 Å². The summed E-state index contributed by atoms with van der Waals surface area (Å²) in [5.74, 6) is 0.309. The van der Waals surface area contributed by atoms with Gasteiger partial charge in [-0.15, -0.1) is 5.10 Å². The lowest BCUT2D eigenvalue weighted by Gasteiger charge is -2.23. The van der Waals surface area contributed by atoms with Gasteiger partial charge in [0.15, 0.2) is 0 Å². The molecule has 5 nitrogen and oxygen atoms in total. The van der Waals surface area contributed by atoms with Gasteiger partial charge in [0.25, 0.3) is 0 Å². The van der Waals surface area contributed by atoms with Crippen molar-refractivity contribution in [2.75, 3.05) is 0 Å². The molecule has 1 heterocycles. The Morgan fingerprint density at radius 2 is 1.64 bits per heavy atom. The number of nitrogens with one attached hydrogen (secondary N) is 1. The number of nitrogens with two attached hydrogens (primary N) is 2. The zero-order valence-corrected chi connectivity index (χ0v) is 16.4. The fourth-order valence-corrected chi connectivity index (χ4v) is 4.19. The van der Waals surface area contributed by atoms with Crippen LogP contribution in [0, 0.1) is 5.92 Å². The third-order valence-electron chi connectivity index (χ3n) is 5.36. The van der Waals surface area contributed by atoms with Crippen LogP contribution in [-0.2, 0) is 0 Å². The molecule has 2 aromatic carbocycles. The summed E-state index contributed by atoms with van der Waals surface area (Å²) in [6.07, 6.45) is 5.86. The van der Waals surface area contributed by atoms with E-state index in [9.17, 15) is 0 Å². The van der Waals surface area contributed by atoms with Crippen molar-refractivity contribution in [3.8, 4) is 11.3 Å². The molecule has 4 rings (SSSR count). The summed E-state index contributed by atoms with van der Waals surface area (Å²) >= 11 is 6.11. The smallest absolute Gasteiger partial charge is 0.211 e. The lowest BCUT2D eigenvalue weighted by atomic mass is 9.82. The molecule has 0 atom stereocenters. The Bertz CT molecular complexity index is 1020. The van der Waals surface area contributed by atoms with E-state index in [1.165, 1.54) is 19.3 Å². The molecule has 1 aromatic heterocycles. The largest absolute Gasteiger partial charge is 0.369 e. The number of aromatic nitrogens is 1. The molecule has 0 amide bonds. The molecule has 6 heteroatoms. The maximum atomic E-state index is 6.11. The van der Waals surface area contributed by atoms with Gasteiger partial charge in [0, 0.05) is 27.4 Å². The molecule has 144 valence electrons. The molecule has 0 saturated heterocycles. The van der Waals surface area contributed by atoms with Gasteiger partial charge in [0.05, 0.1) is 11.4 Å². The summed E-state index contributed by atoms with van der Waals surface area (Å²) in [6, 6.07) is 16.1. The van der Waals surface area contributed by atoms with Crippen LogP contribution in [0.1, 0.15) is 37.7 Å². The zero-order valence-electron chi connectivity index (χ0n) is 15.7. The predicted molar refractivity (Wildman–Crippen MR) is 118 cm³/mol. The molecular weight excluding hydrogens is 370 g/mol. The van der Waals surface area contributed by atoms with Crippen LogP contribution in [0.15, 0.2) is 58.7 Å². The highest BCUT2D eigenvalue weighted by atomic mass is 35.5. The number of para-hydroxylation sites is 1. The van der Waals surface area contributed by atoms with Crippen LogP contribution in [0.3, 0.4) is 0 Å². The fraction of sp³-hybridized carbons (Fsp3) is 0.273. The Kier molecular flexibility index (Phi) is 5.35. The van der Waals surface area contributed by atoms with E-state index in [-0.39, 0.29) is 5.96 Å². The lowest BCUT2D eigenvalue weighted by Crippen LogP contribution is -2.23. The minimum Gasteiger partial charge on any atom is -0.369 e. The molecule has 1 saturated carbocycles. The van der Waals surface area contributed by atoms with E-state index in [1.54, 1.807) is 0 Å². The van der Waals surface area contributed by atoms with Crippen molar-refractivity contribution in [1.29, 1.82) is 0 Å². The Morgan fingerprint density at radius 1 is 0.929 bits per heavy atom. The number of fused-ring (bicyclic) bond motifs is 1. The van der Waals surface area contributed by atoms with Crippen LogP contribution in [0.25, 0.3) is 22.2 Å². The Morgan fingerprint density at radius 3 is 2.36 bits per heavy atom. The van der Waals surface area contributed by atoms with Gasteiger partial charge in [0.2, 0.25) is 5.96 Å². The van der Waals surface area contributed by atoms with E-state index >= 15 is 0 Å². The average Bonchev–Trinajstić information content (AvgIpc) is 3.09. The molecule has 0 aliphatic heterocycles. The fourth-order valence-electron chi connectivity index (χ4n) is 4.06. The summed E-state index contributed by atoms with van der Waals surface area (Å²) in [5, 5.41) is 10.4. The monoisotopic (exact) mass is 393 g/mol. The normalized spacial score (nSPS) is 15.7. The minimum absolute atomic E-state index is 0.0267. The first-order valence-corrected chi connectivity index (χ1v) is 10.0. The van der Waals surface area contributed by atoms with E-state index in [4.69, 9.17) is 23.1 Å². The van der Waals surface area contributed by atoms with Crippen LogP contribution in [0.4, 0.5) is 0 Å². The van der Waals surface area contributed by atoms with Gasteiger partial charge in [-0.05, 0) is 36.6 Å². The summed E-state index contributed by atoms with van der Waals surface area (Å²) in [6.45, 7) is 0. The highest BCUT2D eigenvalue weighted by molar-refractivity contribution is 6.30. The van der Waals surface area contributed by atoms with Crippen LogP contribution in [0.2, 0.25) is 5.02 Å². The van der Waals surface area contributed by atoms with Crippen molar-refractivity contribution >= 4 is 34.2 Å². The predicted octanol–water partition coefficient (Wildman–Crippen LogP) is 5.05. The van der Waals surface area contributed by atoms with Crippen LogP contribution in [0.5, 0.6) is 0 Å². The van der Waals surface area contributed by atoms with E-state index in [1.807, 2.05) is 36.4 Å². The molecule has 0 spiro atoms. The van der Waals surface area contributed by atoms with Crippen molar-refractivity contribution in [1.82, 2.24) is 4.98 Å². The first kappa shape index (κ1) is 18.6. The van der Waals surface area contributed by atoms with Gasteiger partial charge in [-0.25, -0.2) is 0 Å². The second kappa shape index (κ2) is 8.07. The average molecular weight is 394 g/mol. The van der Waals surface area contributed by atoms with E-state index in [0.29, 0.717) is 10.9 Å². The number of rotatable bonds is 4. The summed E-state index contributed by atoms with van der Waals surface area (Å²) in [7, 11) is 0. The van der Waals surface area contributed by atoms with Crippen LogP contribution < -0.4 is 11.5 Å². The number of halogens is 1. The van der Waals surface area contributed by atoms with Crippen molar-refractivity contribution in [2.45, 2.75) is 32.1 Å². The van der Waals surface area contributed by atoms with Gasteiger partial charge < -0.3 is 16.5 Å². The van der Waals surface area contributed by atoms with Crippen molar-refractivity contribution in [2.24, 2.45) is 27.6 Å². The number of nitrogens with zero attached hydrogens (tertiary/aromatic N) is 2. The summed E-state index contributed by atoms with van der Waals surface area (Å²) in [5.41, 5.74) is 16.4. The number of hydrogen-bond donors (Lipinski definition) is 3. The Balaban J connectivity index is 1.95. The molecular formula is C22H24ClN5. The molecule has 28 heavy (non-hydrogen) atoms. The minimum atomic E-state index is -0.0267. The first-order valence-electron chi connectivity index (χ1n) is 9.67. The third kappa shape index (κ3) is 3.76. The van der Waals surface area contributed by atoms with Gasteiger partial charge >= 0.3 is 0 Å². The third-order valence-corrected chi connectivity index (χ3v) is 5.61. The quantitative estimate of drug-likeness (QED) is 0.329. The Hall–Kier alpha value is -2.79. The molecule has 0 bridgehead atoms. The lowest BCUT2D eigenvalue weighted by molar-refractivity contribution is 0.439. The standard InChI is InChI=1S/C22H24ClN5/c23-16-12-10-15(11-13-16)20-19(17-8-4-5-9-18(17)26-20)21(27-28-22(24)25)14-6-2-1-3-7-14/h4-5,8-14,26H,1-3,6-7H2,(H4,24,25,28). The van der Waals surface area contributed by atoms with E-state index < -0.39 is 0 Å². The summed E-state index contributed by atoms with van der Waals surface area (Å²) in [4.78, 5) is 3.57. The zero-order chi connectivity index (χ0) is 19.5. The van der Waals surface area contributed by atoms with E-state index in [0.717, 1.165) is 46.3 Å². The second-order valence-electron chi connectivity index (χ2n) is 7.27. The number of aromatic amines is 1. The highest BCUT2D eigenvalue weighted by Gasteiger charge is 2.26. The van der Waals surface area contributed by atoms with Crippen molar-refractivity contribution in [3.63, 3.8) is 0 Å². The van der Waals surface area contributed by atoms with Crippen molar-refractivity contribution < 1.29 is 0 Å². The van der Waals surface area contributed by atoms with Gasteiger partial charge in [-0.2, -0.15) is 5.10 Å². The summed E-state index contributed by atoms with van der Waals surface area (Å²) < 4.78 is 0. The molecule has 3 aromatic rings. The second-order valence-corrected chi connectivity index (χ2v) is 7.71. The van der Waals surface area contributed by atoms with Gasteiger partial charge in [-0.1, -0.05) is 61.2 Å². The topological polar surface area (TPSA) is 92.6 Å². The first-order chi connectivity index (χ1) is 13.6. The number of benzene rings is 2. The molecule has 1 aliphatic carbocycles. The van der Waals surface area contributed by atoms with Gasteiger partial charge in [0.1, 0.15) is 0 Å². The molecule has 0 radical (unpaired) electrons. The van der Waals surface area contributed by atoms with Crippen molar-refractivity contribution in [3.05, 3.63) is 59.1 Å². The SMILES string of the molecule is NC(N)=NN=C(c1c(-c2ccc(Cl)cc2)[nH]c2ccccc12)C1CCCCC1. The maximum Gasteiger partial charge on any atom is 0.211 e. The highest BCUT2D eigenvalue weighted by Crippen LogP contribution is 2.36. The molecule has 1 fully saturated rings. The van der Waals surface area contributed by atoms with Crippen LogP contribution in [-0.4, -0.2) is 16.7 Å². The molecule has 1 aliphatic rings. The number of H-pyrrole nitrogens is 1. The van der Waals surface area contributed by atoms with Crippen LogP contribution >= 0.6 is 11.6 Å². The Labute approximate surface area is 169 Å².